The van der Waals surface area contributed by atoms with Crippen LogP contribution in [0.2, 0.25) is 10.6 Å². The Hall–Kier alpha value is 0.127. The Morgan fingerprint density at radius 2 is 2.07 bits per heavy atom. The third-order valence-corrected chi connectivity index (χ3v) is 6.34. The molecule has 1 fully saturated rings. The van der Waals surface area contributed by atoms with E-state index in [2.05, 4.69) is 20.8 Å². The van der Waals surface area contributed by atoms with Gasteiger partial charge >= 0.3 is 0 Å². The van der Waals surface area contributed by atoms with Crippen molar-refractivity contribution in [1.82, 2.24) is 0 Å². The lowest BCUT2D eigenvalue weighted by Crippen LogP contribution is -2.15. The third kappa shape index (κ3) is 5.13. The van der Waals surface area contributed by atoms with Crippen molar-refractivity contribution in [1.29, 1.82) is 0 Å². The summed E-state index contributed by atoms with van der Waals surface area (Å²) in [6.45, 7) is 6.81. The second-order valence-electron chi connectivity index (χ2n) is 5.45. The van der Waals surface area contributed by atoms with E-state index in [9.17, 15) is 8.42 Å². The summed E-state index contributed by atoms with van der Waals surface area (Å²) in [6.07, 6.45) is 4.59. The van der Waals surface area contributed by atoms with E-state index in [4.69, 9.17) is 4.18 Å². The summed E-state index contributed by atoms with van der Waals surface area (Å²) in [4.78, 5) is 0. The molecule has 0 aromatic rings. The first-order chi connectivity index (χ1) is 6.73. The average Bonchev–Trinajstić information content (AvgIpc) is 2.61. The van der Waals surface area contributed by atoms with Crippen LogP contribution in [0.4, 0.5) is 0 Å². The molecule has 1 saturated carbocycles. The van der Waals surface area contributed by atoms with Crippen molar-refractivity contribution < 1.29 is 12.6 Å². The predicted octanol–water partition coefficient (Wildman–Crippen LogP) is 1.69. The van der Waals surface area contributed by atoms with Crippen LogP contribution >= 0.6 is 0 Å². The van der Waals surface area contributed by atoms with E-state index in [1.165, 1.54) is 12.8 Å². The first-order valence-electron chi connectivity index (χ1n) is 5.62. The van der Waals surface area contributed by atoms with Gasteiger partial charge in [0.25, 0.3) is 10.1 Å². The van der Waals surface area contributed by atoms with Crippen LogP contribution in [0.25, 0.3) is 0 Å². The Labute approximate surface area is 95.5 Å². The van der Waals surface area contributed by atoms with Crippen molar-refractivity contribution in [2.24, 2.45) is 0 Å². The van der Waals surface area contributed by atoms with Crippen molar-refractivity contribution in [3.05, 3.63) is 0 Å². The smallest absolute Gasteiger partial charge is 0.264 e. The van der Waals surface area contributed by atoms with Gasteiger partial charge in [-0.05, 0) is 17.0 Å². The molecule has 0 N–H and O–H groups in total. The van der Waals surface area contributed by atoms with Crippen LogP contribution < -0.4 is 0 Å². The number of hydrogen-bond acceptors (Lipinski definition) is 3. The molecule has 0 spiro atoms. The Morgan fingerprint density at radius 1 is 1.47 bits per heavy atom. The largest absolute Gasteiger partial charge is 0.267 e. The first-order valence-corrected chi connectivity index (χ1v) is 8.96. The van der Waals surface area contributed by atoms with Crippen molar-refractivity contribution in [2.45, 2.75) is 56.7 Å². The molecule has 5 heteroatoms. The molecular weight excluding hydrogens is 228 g/mol. The highest BCUT2D eigenvalue weighted by atomic mass is 32.2. The fourth-order valence-electron chi connectivity index (χ4n) is 2.27. The Balaban J connectivity index is 2.33. The van der Waals surface area contributed by atoms with Crippen molar-refractivity contribution >= 4 is 19.6 Å². The molecule has 0 amide bonds. The van der Waals surface area contributed by atoms with Gasteiger partial charge in [0.05, 0.1) is 12.4 Å². The fraction of sp³-hybridized carbons (Fsp3) is 1.00. The molecular formula is C10H22O3SSi. The molecule has 0 bridgehead atoms. The van der Waals surface area contributed by atoms with Crippen molar-refractivity contribution in [2.75, 3.05) is 6.26 Å². The van der Waals surface area contributed by atoms with Gasteiger partial charge in [0, 0.05) is 9.52 Å². The minimum absolute atomic E-state index is 0.0165. The van der Waals surface area contributed by atoms with E-state index in [1.807, 2.05) is 0 Å². The van der Waals surface area contributed by atoms with Crippen molar-refractivity contribution in [3.63, 3.8) is 0 Å². The molecule has 1 aliphatic rings. The molecule has 90 valence electrons. The summed E-state index contributed by atoms with van der Waals surface area (Å²) in [5.74, 6) is 0. The highest BCUT2D eigenvalue weighted by Gasteiger charge is 2.43. The molecule has 0 aliphatic heterocycles. The molecule has 3 nitrogen and oxygen atoms in total. The van der Waals surface area contributed by atoms with E-state index < -0.39 is 10.1 Å². The highest BCUT2D eigenvalue weighted by Crippen LogP contribution is 2.47. The van der Waals surface area contributed by atoms with Gasteiger partial charge in [-0.25, -0.2) is 0 Å². The van der Waals surface area contributed by atoms with Gasteiger partial charge in [-0.2, -0.15) is 8.42 Å². The molecule has 2 atom stereocenters. The van der Waals surface area contributed by atoms with Gasteiger partial charge in [-0.15, -0.1) is 0 Å². The van der Waals surface area contributed by atoms with Crippen LogP contribution in [-0.2, 0) is 14.3 Å². The predicted molar refractivity (Wildman–Crippen MR) is 65.6 cm³/mol. The van der Waals surface area contributed by atoms with Crippen LogP contribution in [0.1, 0.15) is 40.0 Å². The number of hydrogen-bond donors (Lipinski definition) is 0. The van der Waals surface area contributed by atoms with Crippen molar-refractivity contribution in [3.8, 4) is 0 Å². The maximum absolute atomic E-state index is 10.9. The maximum Gasteiger partial charge on any atom is 0.264 e. The zero-order valence-electron chi connectivity index (χ0n) is 10.1. The molecule has 1 rings (SSSR count). The summed E-state index contributed by atoms with van der Waals surface area (Å²) >= 11 is 0. The van der Waals surface area contributed by atoms with Crippen LogP contribution in [0.3, 0.4) is 0 Å². The summed E-state index contributed by atoms with van der Waals surface area (Å²) in [7, 11) is -3.47. The summed E-state index contributed by atoms with van der Waals surface area (Å²) in [5, 5.41) is 0.453. The van der Waals surface area contributed by atoms with Gasteiger partial charge in [0.1, 0.15) is 0 Å². The molecule has 0 heterocycles. The molecule has 2 unspecified atom stereocenters. The third-order valence-electron chi connectivity index (χ3n) is 2.90. The SMILES string of the molecule is CCCC(C)(C)[SiH2]C1CC1OS(C)(=O)=O. The summed E-state index contributed by atoms with van der Waals surface area (Å²) < 4.78 is 26.8. The maximum atomic E-state index is 10.9. The minimum atomic E-state index is -3.24. The van der Waals surface area contributed by atoms with Gasteiger partial charge in [0.2, 0.25) is 0 Å². The molecule has 0 aromatic heterocycles. The van der Waals surface area contributed by atoms with E-state index in [-0.39, 0.29) is 15.6 Å². The fourth-order valence-corrected chi connectivity index (χ4v) is 5.92. The highest BCUT2D eigenvalue weighted by molar-refractivity contribution is 7.86. The minimum Gasteiger partial charge on any atom is -0.267 e. The normalized spacial score (nSPS) is 27.5. The molecule has 1 aliphatic carbocycles. The summed E-state index contributed by atoms with van der Waals surface area (Å²) in [5.41, 5.74) is 0.585. The topological polar surface area (TPSA) is 43.4 Å². The molecule has 0 saturated heterocycles. The monoisotopic (exact) mass is 250 g/mol. The lowest BCUT2D eigenvalue weighted by Gasteiger charge is -2.23. The average molecular weight is 250 g/mol. The first kappa shape index (κ1) is 13.2. The molecule has 0 radical (unpaired) electrons. The molecule has 15 heavy (non-hydrogen) atoms. The number of rotatable bonds is 6. The van der Waals surface area contributed by atoms with E-state index in [0.29, 0.717) is 10.6 Å². The van der Waals surface area contributed by atoms with E-state index in [1.54, 1.807) is 0 Å². The Kier molecular flexibility index (Phi) is 4.00. The van der Waals surface area contributed by atoms with E-state index in [0.717, 1.165) is 12.7 Å². The van der Waals surface area contributed by atoms with Crippen LogP contribution in [-0.4, -0.2) is 30.3 Å². The van der Waals surface area contributed by atoms with Gasteiger partial charge in [0.15, 0.2) is 0 Å². The Bertz CT molecular complexity index is 311. The summed E-state index contributed by atoms with van der Waals surface area (Å²) in [6, 6.07) is 0. The second-order valence-corrected chi connectivity index (χ2v) is 10.4. The zero-order chi connectivity index (χ0) is 11.7. The van der Waals surface area contributed by atoms with Crippen LogP contribution in [0.15, 0.2) is 0 Å². The van der Waals surface area contributed by atoms with Gasteiger partial charge in [-0.3, -0.25) is 4.18 Å². The van der Waals surface area contributed by atoms with Crippen LogP contribution in [0, 0.1) is 0 Å². The van der Waals surface area contributed by atoms with Gasteiger partial charge < -0.3 is 0 Å². The van der Waals surface area contributed by atoms with E-state index >= 15 is 0 Å². The second kappa shape index (κ2) is 4.55. The lowest BCUT2D eigenvalue weighted by molar-refractivity contribution is 0.308. The molecule has 0 aromatic carbocycles. The lowest BCUT2D eigenvalue weighted by atomic mass is 10.1. The van der Waals surface area contributed by atoms with Gasteiger partial charge in [-0.1, -0.05) is 33.6 Å². The standard InChI is InChI=1S/C10H22O3SSi/c1-5-6-10(2,3)15-9-7-8(9)13-14(4,11)12/h8-9H,5-7,15H2,1-4H3. The zero-order valence-corrected chi connectivity index (χ0v) is 12.3. The quantitative estimate of drug-likeness (QED) is 0.532. The Morgan fingerprint density at radius 3 is 2.53 bits per heavy atom. The van der Waals surface area contributed by atoms with Crippen LogP contribution in [0.5, 0.6) is 0 Å².